The highest BCUT2D eigenvalue weighted by Gasteiger charge is 2.22. The lowest BCUT2D eigenvalue weighted by Gasteiger charge is -2.30. The molecule has 20 heavy (non-hydrogen) atoms. The van der Waals surface area contributed by atoms with E-state index in [0.29, 0.717) is 17.7 Å². The second-order valence-electron chi connectivity index (χ2n) is 5.24. The van der Waals surface area contributed by atoms with Crippen LogP contribution in [0.2, 0.25) is 0 Å². The summed E-state index contributed by atoms with van der Waals surface area (Å²) < 4.78 is 10.5. The summed E-state index contributed by atoms with van der Waals surface area (Å²) >= 11 is 0. The van der Waals surface area contributed by atoms with E-state index in [4.69, 9.17) is 9.47 Å². The quantitative estimate of drug-likeness (QED) is 0.859. The Morgan fingerprint density at radius 2 is 2.30 bits per heavy atom. The Kier molecular flexibility index (Phi) is 5.01. The number of carbonyl (C=O) groups is 1. The van der Waals surface area contributed by atoms with Gasteiger partial charge in [0.15, 0.2) is 0 Å². The van der Waals surface area contributed by atoms with Gasteiger partial charge in [-0.05, 0) is 43.9 Å². The predicted molar refractivity (Wildman–Crippen MR) is 79.2 cm³/mol. The van der Waals surface area contributed by atoms with Crippen LogP contribution in [0.25, 0.3) is 0 Å². The van der Waals surface area contributed by atoms with Gasteiger partial charge in [-0.2, -0.15) is 0 Å². The molecule has 1 aliphatic heterocycles. The molecule has 2 unspecified atom stereocenters. The topological polar surface area (TPSA) is 47.6 Å². The van der Waals surface area contributed by atoms with Crippen LogP contribution in [0.4, 0.5) is 5.69 Å². The molecule has 0 aromatic heterocycles. The Bertz CT molecular complexity index is 473. The van der Waals surface area contributed by atoms with Crippen LogP contribution in [-0.4, -0.2) is 31.8 Å². The van der Waals surface area contributed by atoms with Crippen molar-refractivity contribution in [3.63, 3.8) is 0 Å². The lowest BCUT2D eigenvalue weighted by molar-refractivity contribution is 0.00924. The molecular weight excluding hydrogens is 254 g/mol. The van der Waals surface area contributed by atoms with Crippen molar-refractivity contribution in [1.82, 2.24) is 0 Å². The van der Waals surface area contributed by atoms with Crippen LogP contribution < -0.4 is 5.32 Å². The third-order valence-corrected chi connectivity index (χ3v) is 3.92. The largest absolute Gasteiger partial charge is 0.465 e. The van der Waals surface area contributed by atoms with E-state index in [2.05, 4.69) is 12.2 Å². The average molecular weight is 277 g/mol. The molecule has 4 nitrogen and oxygen atoms in total. The molecule has 110 valence electrons. The number of esters is 1. The third-order valence-electron chi connectivity index (χ3n) is 3.92. The van der Waals surface area contributed by atoms with Crippen molar-refractivity contribution in [3.8, 4) is 0 Å². The molecule has 0 spiro atoms. The zero-order valence-electron chi connectivity index (χ0n) is 12.4. The molecule has 1 aromatic rings. The number of nitrogens with one attached hydrogen (secondary N) is 1. The highest BCUT2D eigenvalue weighted by Crippen LogP contribution is 2.24. The summed E-state index contributed by atoms with van der Waals surface area (Å²) in [7, 11) is 1.41. The second-order valence-corrected chi connectivity index (χ2v) is 5.24. The fourth-order valence-corrected chi connectivity index (χ4v) is 2.64. The Hall–Kier alpha value is -1.55. The van der Waals surface area contributed by atoms with E-state index in [-0.39, 0.29) is 5.97 Å². The maximum atomic E-state index is 11.7. The zero-order valence-corrected chi connectivity index (χ0v) is 12.4. The molecule has 1 aromatic carbocycles. The van der Waals surface area contributed by atoms with Gasteiger partial charge in [0.05, 0.1) is 18.8 Å². The van der Waals surface area contributed by atoms with Crippen molar-refractivity contribution >= 4 is 11.7 Å². The summed E-state index contributed by atoms with van der Waals surface area (Å²) in [5.74, 6) is -0.287. The standard InChI is InChI=1S/C16H23NO3/c1-4-13-10-12(8-9-20-13)17-15-7-5-6-14(11(15)2)16(18)19-3/h5-7,12-13,17H,4,8-10H2,1-3H3. The van der Waals surface area contributed by atoms with E-state index < -0.39 is 0 Å². The Morgan fingerprint density at radius 3 is 3.00 bits per heavy atom. The number of carbonyl (C=O) groups excluding carboxylic acids is 1. The fourth-order valence-electron chi connectivity index (χ4n) is 2.64. The zero-order chi connectivity index (χ0) is 14.5. The Balaban J connectivity index is 2.11. The number of hydrogen-bond donors (Lipinski definition) is 1. The van der Waals surface area contributed by atoms with Gasteiger partial charge in [-0.1, -0.05) is 13.0 Å². The van der Waals surface area contributed by atoms with Gasteiger partial charge >= 0.3 is 5.97 Å². The van der Waals surface area contributed by atoms with Crippen LogP contribution in [0, 0.1) is 6.92 Å². The fraction of sp³-hybridized carbons (Fsp3) is 0.562. The first-order chi connectivity index (χ1) is 9.65. The summed E-state index contributed by atoms with van der Waals surface area (Å²) in [6, 6.07) is 6.10. The van der Waals surface area contributed by atoms with Crippen LogP contribution in [0.3, 0.4) is 0 Å². The highest BCUT2D eigenvalue weighted by atomic mass is 16.5. The SMILES string of the molecule is CCC1CC(Nc2cccc(C(=O)OC)c2C)CCO1. The van der Waals surface area contributed by atoms with Gasteiger partial charge in [-0.25, -0.2) is 4.79 Å². The lowest BCUT2D eigenvalue weighted by Crippen LogP contribution is -2.34. The first-order valence-corrected chi connectivity index (χ1v) is 7.21. The number of rotatable bonds is 4. The van der Waals surface area contributed by atoms with Crippen molar-refractivity contribution < 1.29 is 14.3 Å². The number of methoxy groups -OCH3 is 1. The predicted octanol–water partition coefficient (Wildman–Crippen LogP) is 3.15. The van der Waals surface area contributed by atoms with Gasteiger partial charge in [0.1, 0.15) is 0 Å². The summed E-state index contributed by atoms with van der Waals surface area (Å²) in [4.78, 5) is 11.7. The molecule has 1 heterocycles. The Labute approximate surface area is 120 Å². The average Bonchev–Trinajstić information content (AvgIpc) is 2.49. The number of ether oxygens (including phenoxy) is 2. The van der Waals surface area contributed by atoms with Crippen LogP contribution in [0.15, 0.2) is 18.2 Å². The van der Waals surface area contributed by atoms with Gasteiger partial charge in [-0.3, -0.25) is 0 Å². The van der Waals surface area contributed by atoms with E-state index in [9.17, 15) is 4.79 Å². The van der Waals surface area contributed by atoms with Crippen LogP contribution in [0.5, 0.6) is 0 Å². The molecule has 0 aliphatic carbocycles. The van der Waals surface area contributed by atoms with Crippen LogP contribution >= 0.6 is 0 Å². The molecule has 0 saturated carbocycles. The van der Waals surface area contributed by atoms with Crippen molar-refractivity contribution in [3.05, 3.63) is 29.3 Å². The normalized spacial score (nSPS) is 22.4. The minimum atomic E-state index is -0.287. The number of benzene rings is 1. The van der Waals surface area contributed by atoms with Crippen LogP contribution in [0.1, 0.15) is 42.1 Å². The summed E-state index contributed by atoms with van der Waals surface area (Å²) in [5, 5.41) is 3.55. The van der Waals surface area contributed by atoms with E-state index >= 15 is 0 Å². The maximum Gasteiger partial charge on any atom is 0.338 e. The van der Waals surface area contributed by atoms with E-state index in [1.807, 2.05) is 19.1 Å². The highest BCUT2D eigenvalue weighted by molar-refractivity contribution is 5.92. The number of anilines is 1. The lowest BCUT2D eigenvalue weighted by atomic mass is 10.00. The molecule has 1 aliphatic rings. The number of hydrogen-bond acceptors (Lipinski definition) is 4. The van der Waals surface area contributed by atoms with Gasteiger partial charge in [-0.15, -0.1) is 0 Å². The van der Waals surface area contributed by atoms with Gasteiger partial charge in [0, 0.05) is 18.3 Å². The smallest absolute Gasteiger partial charge is 0.338 e. The molecule has 0 radical (unpaired) electrons. The summed E-state index contributed by atoms with van der Waals surface area (Å²) in [6.45, 7) is 4.90. The molecule has 1 saturated heterocycles. The summed E-state index contributed by atoms with van der Waals surface area (Å²) in [5.41, 5.74) is 2.57. The molecule has 0 amide bonds. The molecular formula is C16H23NO3. The molecule has 1 fully saturated rings. The maximum absolute atomic E-state index is 11.7. The minimum Gasteiger partial charge on any atom is -0.465 e. The second kappa shape index (κ2) is 6.75. The van der Waals surface area contributed by atoms with Gasteiger partial charge < -0.3 is 14.8 Å². The van der Waals surface area contributed by atoms with E-state index in [1.54, 1.807) is 6.07 Å². The third kappa shape index (κ3) is 3.31. The van der Waals surface area contributed by atoms with Gasteiger partial charge in [0.2, 0.25) is 0 Å². The van der Waals surface area contributed by atoms with E-state index in [1.165, 1.54) is 7.11 Å². The van der Waals surface area contributed by atoms with Crippen LogP contribution in [-0.2, 0) is 9.47 Å². The first-order valence-electron chi connectivity index (χ1n) is 7.21. The van der Waals surface area contributed by atoms with Gasteiger partial charge in [0.25, 0.3) is 0 Å². The molecule has 2 rings (SSSR count). The van der Waals surface area contributed by atoms with Crippen molar-refractivity contribution in [1.29, 1.82) is 0 Å². The van der Waals surface area contributed by atoms with Crippen molar-refractivity contribution in [2.75, 3.05) is 19.0 Å². The monoisotopic (exact) mass is 277 g/mol. The van der Waals surface area contributed by atoms with E-state index in [0.717, 1.165) is 37.1 Å². The first kappa shape index (κ1) is 14.9. The molecule has 1 N–H and O–H groups in total. The molecule has 0 bridgehead atoms. The molecule has 4 heteroatoms. The molecule has 2 atom stereocenters. The summed E-state index contributed by atoms with van der Waals surface area (Å²) in [6.07, 6.45) is 3.39. The van der Waals surface area contributed by atoms with Crippen molar-refractivity contribution in [2.24, 2.45) is 0 Å². The minimum absolute atomic E-state index is 0.287. The van der Waals surface area contributed by atoms with Crippen molar-refractivity contribution in [2.45, 2.75) is 45.3 Å². The Morgan fingerprint density at radius 1 is 1.50 bits per heavy atom.